The summed E-state index contributed by atoms with van der Waals surface area (Å²) in [4.78, 5) is 15.1. The van der Waals surface area contributed by atoms with Crippen molar-refractivity contribution in [2.45, 2.75) is 98.6 Å². The van der Waals surface area contributed by atoms with Crippen LogP contribution in [0.3, 0.4) is 0 Å². The Kier molecular flexibility index (Phi) is 11.1. The molecular formula is C18H37NO. The summed E-state index contributed by atoms with van der Waals surface area (Å²) in [6, 6.07) is 1.13. The molecule has 0 aromatic heterocycles. The van der Waals surface area contributed by atoms with Gasteiger partial charge in [-0.2, -0.15) is 0 Å². The lowest BCUT2D eigenvalue weighted by Crippen LogP contribution is -2.46. The third-order valence-corrected chi connectivity index (χ3v) is 4.75. The van der Waals surface area contributed by atoms with Crippen LogP contribution in [0.5, 0.6) is 0 Å². The maximum atomic E-state index is 12.5. The van der Waals surface area contributed by atoms with Crippen LogP contribution in [0, 0.1) is 5.92 Å². The molecule has 0 aliphatic rings. The first-order chi connectivity index (χ1) is 9.59. The van der Waals surface area contributed by atoms with Crippen LogP contribution in [-0.2, 0) is 4.79 Å². The van der Waals surface area contributed by atoms with Crippen LogP contribution in [0.1, 0.15) is 86.5 Å². The van der Waals surface area contributed by atoms with Gasteiger partial charge in [0.15, 0.2) is 0 Å². The molecule has 0 aliphatic heterocycles. The monoisotopic (exact) mass is 283 g/mol. The lowest BCUT2D eigenvalue weighted by Gasteiger charge is -2.37. The van der Waals surface area contributed by atoms with Gasteiger partial charge in [-0.1, -0.05) is 48.0 Å². The molecule has 0 N–H and O–H groups in total. The van der Waals surface area contributed by atoms with Crippen molar-refractivity contribution in [3.63, 3.8) is 0 Å². The predicted octanol–water partition coefficient (Wildman–Crippen LogP) is 5.06. The zero-order valence-corrected chi connectivity index (χ0v) is 14.7. The number of Topliss-reactive ketones (excluding diaryl/α,β-unsaturated/α-hetero) is 1. The minimum Gasteiger partial charge on any atom is -0.298 e. The summed E-state index contributed by atoms with van der Waals surface area (Å²) in [6.45, 7) is 13.9. The van der Waals surface area contributed by atoms with E-state index in [-0.39, 0.29) is 5.92 Å². The van der Waals surface area contributed by atoms with E-state index in [1.54, 1.807) is 0 Å². The van der Waals surface area contributed by atoms with Gasteiger partial charge in [-0.05, 0) is 38.5 Å². The fourth-order valence-electron chi connectivity index (χ4n) is 3.30. The van der Waals surface area contributed by atoms with Gasteiger partial charge in [0, 0.05) is 18.0 Å². The Morgan fingerprint density at radius 2 is 1.30 bits per heavy atom. The van der Waals surface area contributed by atoms with Gasteiger partial charge >= 0.3 is 0 Å². The van der Waals surface area contributed by atoms with E-state index in [1.165, 1.54) is 12.8 Å². The molecule has 2 nitrogen and oxygen atoms in total. The van der Waals surface area contributed by atoms with Crippen LogP contribution in [-0.4, -0.2) is 29.3 Å². The van der Waals surface area contributed by atoms with E-state index < -0.39 is 0 Å². The molecular weight excluding hydrogens is 246 g/mol. The number of nitrogens with zero attached hydrogens (tertiary/aromatic N) is 1. The molecule has 0 rings (SSSR count). The largest absolute Gasteiger partial charge is 0.298 e. The lowest BCUT2D eigenvalue weighted by atomic mass is 9.95. The maximum absolute atomic E-state index is 12.5. The molecule has 0 aromatic rings. The summed E-state index contributed by atoms with van der Waals surface area (Å²) in [5, 5.41) is 0. The van der Waals surface area contributed by atoms with E-state index in [0.717, 1.165) is 32.1 Å². The summed E-state index contributed by atoms with van der Waals surface area (Å²) in [7, 11) is 0. The third-order valence-electron chi connectivity index (χ3n) is 4.75. The number of hydrogen-bond acceptors (Lipinski definition) is 2. The zero-order valence-electron chi connectivity index (χ0n) is 14.7. The highest BCUT2D eigenvalue weighted by atomic mass is 16.1. The fourth-order valence-corrected chi connectivity index (χ4v) is 3.30. The van der Waals surface area contributed by atoms with Gasteiger partial charge < -0.3 is 0 Å². The molecule has 0 aromatic carbocycles. The van der Waals surface area contributed by atoms with Crippen molar-refractivity contribution in [2.75, 3.05) is 6.54 Å². The molecule has 2 heteroatoms. The normalized spacial score (nSPS) is 13.4. The Labute approximate surface area is 127 Å². The molecule has 1 unspecified atom stereocenters. The standard InChI is InChI=1S/C18H37NO/c1-7-13-17(12-6)19(16(10-4)11-5)14-18(20)15(8-2)9-3/h15-17H,7-14H2,1-6H3. The third kappa shape index (κ3) is 5.95. The molecule has 0 saturated carbocycles. The second-order valence-electron chi connectivity index (χ2n) is 5.97. The van der Waals surface area contributed by atoms with Crippen molar-refractivity contribution in [3.05, 3.63) is 0 Å². The molecule has 1 atom stereocenters. The number of rotatable bonds is 12. The minimum absolute atomic E-state index is 0.256. The Hall–Kier alpha value is -0.370. The van der Waals surface area contributed by atoms with Crippen LogP contribution >= 0.6 is 0 Å². The van der Waals surface area contributed by atoms with E-state index in [9.17, 15) is 4.79 Å². The Balaban J connectivity index is 4.96. The van der Waals surface area contributed by atoms with Gasteiger partial charge in [0.2, 0.25) is 0 Å². The highest BCUT2D eigenvalue weighted by molar-refractivity contribution is 5.82. The summed E-state index contributed by atoms with van der Waals surface area (Å²) >= 11 is 0. The summed E-state index contributed by atoms with van der Waals surface area (Å²) in [6.07, 6.45) is 7.82. The van der Waals surface area contributed by atoms with Gasteiger partial charge in [-0.15, -0.1) is 0 Å². The minimum atomic E-state index is 0.256. The molecule has 0 amide bonds. The number of ketones is 1. The van der Waals surface area contributed by atoms with E-state index in [4.69, 9.17) is 0 Å². The quantitative estimate of drug-likeness (QED) is 0.499. The van der Waals surface area contributed by atoms with Crippen molar-refractivity contribution < 1.29 is 4.79 Å². The van der Waals surface area contributed by atoms with Crippen molar-refractivity contribution >= 4 is 5.78 Å². The number of hydrogen-bond donors (Lipinski definition) is 0. The molecule has 0 saturated heterocycles. The average molecular weight is 284 g/mol. The Morgan fingerprint density at radius 1 is 0.800 bits per heavy atom. The van der Waals surface area contributed by atoms with Gasteiger partial charge in [0.25, 0.3) is 0 Å². The van der Waals surface area contributed by atoms with Crippen LogP contribution in [0.4, 0.5) is 0 Å². The Bertz CT molecular complexity index is 244. The molecule has 0 fully saturated rings. The van der Waals surface area contributed by atoms with Crippen molar-refractivity contribution in [2.24, 2.45) is 5.92 Å². The summed E-state index contributed by atoms with van der Waals surface area (Å²) < 4.78 is 0. The highest BCUT2D eigenvalue weighted by Crippen LogP contribution is 2.20. The van der Waals surface area contributed by atoms with E-state index in [0.29, 0.717) is 24.4 Å². The molecule has 0 spiro atoms. The molecule has 120 valence electrons. The van der Waals surface area contributed by atoms with E-state index in [2.05, 4.69) is 46.4 Å². The first-order valence-electron chi connectivity index (χ1n) is 8.87. The number of carbonyl (C=O) groups excluding carboxylic acids is 1. The summed E-state index contributed by atoms with van der Waals surface area (Å²) in [5.41, 5.74) is 0. The molecule has 0 aliphatic carbocycles. The van der Waals surface area contributed by atoms with Crippen molar-refractivity contribution in [3.8, 4) is 0 Å². The predicted molar refractivity (Wildman–Crippen MR) is 89.1 cm³/mol. The second-order valence-corrected chi connectivity index (χ2v) is 5.97. The molecule has 0 radical (unpaired) electrons. The average Bonchev–Trinajstić information content (AvgIpc) is 2.46. The van der Waals surface area contributed by atoms with Crippen LogP contribution in [0.25, 0.3) is 0 Å². The summed E-state index contributed by atoms with van der Waals surface area (Å²) in [5.74, 6) is 0.711. The van der Waals surface area contributed by atoms with Gasteiger partial charge in [-0.3, -0.25) is 9.69 Å². The molecule has 0 bridgehead atoms. The van der Waals surface area contributed by atoms with Gasteiger partial charge in [0.1, 0.15) is 5.78 Å². The van der Waals surface area contributed by atoms with Crippen molar-refractivity contribution in [1.82, 2.24) is 4.90 Å². The molecule has 20 heavy (non-hydrogen) atoms. The first kappa shape index (κ1) is 19.6. The van der Waals surface area contributed by atoms with Gasteiger partial charge in [-0.25, -0.2) is 0 Å². The molecule has 0 heterocycles. The lowest BCUT2D eigenvalue weighted by molar-refractivity contribution is -0.125. The van der Waals surface area contributed by atoms with E-state index >= 15 is 0 Å². The topological polar surface area (TPSA) is 20.3 Å². The second kappa shape index (κ2) is 11.3. The SMILES string of the molecule is CCCC(CC)N(CC(=O)C(CC)CC)C(CC)CC. The van der Waals surface area contributed by atoms with E-state index in [1.807, 2.05) is 0 Å². The Morgan fingerprint density at radius 3 is 1.65 bits per heavy atom. The van der Waals surface area contributed by atoms with Crippen molar-refractivity contribution in [1.29, 1.82) is 0 Å². The maximum Gasteiger partial charge on any atom is 0.149 e. The van der Waals surface area contributed by atoms with Crippen LogP contribution < -0.4 is 0 Å². The fraction of sp³-hybridized carbons (Fsp3) is 0.944. The van der Waals surface area contributed by atoms with Crippen LogP contribution in [0.15, 0.2) is 0 Å². The number of carbonyl (C=O) groups is 1. The van der Waals surface area contributed by atoms with Gasteiger partial charge in [0.05, 0.1) is 6.54 Å². The zero-order chi connectivity index (χ0) is 15.5. The van der Waals surface area contributed by atoms with Crippen LogP contribution in [0.2, 0.25) is 0 Å². The highest BCUT2D eigenvalue weighted by Gasteiger charge is 2.26. The smallest absolute Gasteiger partial charge is 0.149 e. The first-order valence-corrected chi connectivity index (χ1v) is 8.87.